The number of benzene rings is 1. The van der Waals surface area contributed by atoms with Crippen LogP contribution in [0.5, 0.6) is 0 Å². The van der Waals surface area contributed by atoms with Crippen molar-refractivity contribution in [2.45, 2.75) is 25.2 Å². The van der Waals surface area contributed by atoms with Crippen molar-refractivity contribution in [3.8, 4) is 0 Å². The van der Waals surface area contributed by atoms with Crippen molar-refractivity contribution in [2.24, 2.45) is 5.41 Å². The van der Waals surface area contributed by atoms with Gasteiger partial charge >= 0.3 is 0 Å². The second-order valence-electron chi connectivity index (χ2n) is 5.16. The fourth-order valence-electron chi connectivity index (χ4n) is 1.49. The van der Waals surface area contributed by atoms with E-state index in [1.54, 1.807) is 0 Å². The zero-order valence-electron chi connectivity index (χ0n) is 11.3. The van der Waals surface area contributed by atoms with E-state index in [4.69, 9.17) is 5.11 Å². The summed E-state index contributed by atoms with van der Waals surface area (Å²) in [5.74, 6) is 0.432. The van der Waals surface area contributed by atoms with E-state index in [0.29, 0.717) is 18.7 Å². The third-order valence-electron chi connectivity index (χ3n) is 2.72. The fraction of sp³-hybridized carbons (Fsp3) is 0.500. The Labute approximate surface area is 127 Å². The van der Waals surface area contributed by atoms with Gasteiger partial charge in [0, 0.05) is 22.5 Å². The van der Waals surface area contributed by atoms with Gasteiger partial charge in [0.15, 0.2) is 0 Å². The van der Waals surface area contributed by atoms with E-state index >= 15 is 0 Å². The molecule has 0 saturated heterocycles. The molecule has 0 aromatic heterocycles. The topological polar surface area (TPSA) is 49.3 Å². The highest BCUT2D eigenvalue weighted by Crippen LogP contribution is 2.22. The Hall–Kier alpha value is -0.520. The maximum absolute atomic E-state index is 11.7. The van der Waals surface area contributed by atoms with Crippen LogP contribution in [0.4, 0.5) is 0 Å². The summed E-state index contributed by atoms with van der Waals surface area (Å²) in [6.45, 7) is 4.80. The summed E-state index contributed by atoms with van der Waals surface area (Å²) >= 11 is 4.92. The van der Waals surface area contributed by atoms with Crippen LogP contribution in [0.3, 0.4) is 0 Å². The van der Waals surface area contributed by atoms with Gasteiger partial charge in [-0.1, -0.05) is 35.8 Å². The van der Waals surface area contributed by atoms with Gasteiger partial charge in [-0.2, -0.15) is 0 Å². The lowest BCUT2D eigenvalue weighted by Crippen LogP contribution is -2.35. The van der Waals surface area contributed by atoms with Crippen LogP contribution in [0, 0.1) is 5.41 Å². The summed E-state index contributed by atoms with van der Waals surface area (Å²) in [7, 11) is 0. The first-order valence-electron chi connectivity index (χ1n) is 6.19. The number of amides is 1. The Morgan fingerprint density at radius 3 is 2.84 bits per heavy atom. The van der Waals surface area contributed by atoms with Gasteiger partial charge in [0.2, 0.25) is 5.91 Å². The molecular formula is C14H20BrNO2S. The van der Waals surface area contributed by atoms with E-state index in [-0.39, 0.29) is 17.9 Å². The Balaban J connectivity index is 2.32. The molecule has 5 heteroatoms. The third kappa shape index (κ3) is 6.99. The number of halogens is 1. The van der Waals surface area contributed by atoms with Crippen LogP contribution < -0.4 is 5.32 Å². The van der Waals surface area contributed by atoms with Crippen LogP contribution >= 0.6 is 27.7 Å². The van der Waals surface area contributed by atoms with Crippen molar-refractivity contribution in [3.63, 3.8) is 0 Å². The molecule has 1 aromatic rings. The molecule has 1 aromatic carbocycles. The number of thioether (sulfide) groups is 1. The van der Waals surface area contributed by atoms with Crippen LogP contribution in [0.2, 0.25) is 0 Å². The van der Waals surface area contributed by atoms with Crippen LogP contribution in [-0.4, -0.2) is 29.9 Å². The number of rotatable bonds is 7. The SMILES string of the molecule is CC(C)(CCO)CNC(=O)CSc1cccc(Br)c1. The number of hydrogen-bond donors (Lipinski definition) is 2. The highest BCUT2D eigenvalue weighted by atomic mass is 79.9. The molecular weight excluding hydrogens is 326 g/mol. The van der Waals surface area contributed by atoms with Gasteiger partial charge in [-0.05, 0) is 30.0 Å². The van der Waals surface area contributed by atoms with Crippen LogP contribution in [-0.2, 0) is 4.79 Å². The molecule has 0 aliphatic rings. The summed E-state index contributed by atoms with van der Waals surface area (Å²) in [4.78, 5) is 12.8. The fourth-order valence-corrected chi connectivity index (χ4v) is 2.82. The van der Waals surface area contributed by atoms with E-state index in [1.165, 1.54) is 11.8 Å². The number of carbonyl (C=O) groups excluding carboxylic acids is 1. The molecule has 0 spiro atoms. The van der Waals surface area contributed by atoms with Crippen molar-refractivity contribution in [3.05, 3.63) is 28.7 Å². The van der Waals surface area contributed by atoms with Gasteiger partial charge < -0.3 is 10.4 Å². The molecule has 2 N–H and O–H groups in total. The molecule has 0 aliphatic carbocycles. The Bertz CT molecular complexity index is 424. The zero-order valence-corrected chi connectivity index (χ0v) is 13.7. The molecule has 0 aliphatic heterocycles. The number of aliphatic hydroxyl groups is 1. The normalized spacial score (nSPS) is 11.4. The quantitative estimate of drug-likeness (QED) is 0.746. The van der Waals surface area contributed by atoms with Gasteiger partial charge in [-0.15, -0.1) is 11.8 Å². The molecule has 19 heavy (non-hydrogen) atoms. The standard InChI is InChI=1S/C14H20BrNO2S/c1-14(2,6-7-17)10-16-13(18)9-19-12-5-3-4-11(15)8-12/h3-5,8,17H,6-7,9-10H2,1-2H3,(H,16,18). The van der Waals surface area contributed by atoms with E-state index < -0.39 is 0 Å². The van der Waals surface area contributed by atoms with Gasteiger partial charge in [-0.3, -0.25) is 4.79 Å². The number of carbonyl (C=O) groups is 1. The van der Waals surface area contributed by atoms with Gasteiger partial charge in [0.1, 0.15) is 0 Å². The molecule has 1 amide bonds. The largest absolute Gasteiger partial charge is 0.396 e. The van der Waals surface area contributed by atoms with Crippen molar-refractivity contribution in [1.82, 2.24) is 5.32 Å². The van der Waals surface area contributed by atoms with Crippen molar-refractivity contribution >= 4 is 33.6 Å². The molecule has 0 unspecified atom stereocenters. The second kappa shape index (κ2) is 7.92. The average Bonchev–Trinajstić information content (AvgIpc) is 2.34. The number of hydrogen-bond acceptors (Lipinski definition) is 3. The maximum atomic E-state index is 11.7. The third-order valence-corrected chi connectivity index (χ3v) is 4.21. The average molecular weight is 346 g/mol. The molecule has 0 saturated carbocycles. The number of nitrogens with one attached hydrogen (secondary N) is 1. The molecule has 1 rings (SSSR count). The first kappa shape index (κ1) is 16.5. The van der Waals surface area contributed by atoms with Gasteiger partial charge in [0.05, 0.1) is 5.75 Å². The van der Waals surface area contributed by atoms with Gasteiger partial charge in [0.25, 0.3) is 0 Å². The zero-order chi connectivity index (χ0) is 14.3. The van der Waals surface area contributed by atoms with Crippen molar-refractivity contribution in [1.29, 1.82) is 0 Å². The molecule has 0 atom stereocenters. The molecule has 3 nitrogen and oxygen atoms in total. The minimum Gasteiger partial charge on any atom is -0.396 e. The van der Waals surface area contributed by atoms with Crippen LogP contribution in [0.15, 0.2) is 33.6 Å². The lowest BCUT2D eigenvalue weighted by Gasteiger charge is -2.23. The summed E-state index contributed by atoms with van der Waals surface area (Å²) in [5.41, 5.74) is -0.0646. The summed E-state index contributed by atoms with van der Waals surface area (Å²) in [6.07, 6.45) is 0.687. The molecule has 0 fully saturated rings. The van der Waals surface area contributed by atoms with E-state index in [2.05, 4.69) is 21.2 Å². The molecule has 0 radical (unpaired) electrons. The predicted octanol–water partition coefficient (Wildman–Crippen LogP) is 3.07. The highest BCUT2D eigenvalue weighted by Gasteiger charge is 2.17. The number of aliphatic hydroxyl groups excluding tert-OH is 1. The van der Waals surface area contributed by atoms with Crippen LogP contribution in [0.1, 0.15) is 20.3 Å². The Morgan fingerprint density at radius 1 is 1.47 bits per heavy atom. The van der Waals surface area contributed by atoms with Crippen molar-refractivity contribution in [2.75, 3.05) is 18.9 Å². The monoisotopic (exact) mass is 345 g/mol. The predicted molar refractivity (Wildman–Crippen MR) is 83.4 cm³/mol. The molecule has 106 valence electrons. The van der Waals surface area contributed by atoms with E-state index in [0.717, 1.165) is 9.37 Å². The first-order chi connectivity index (χ1) is 8.93. The molecule has 0 heterocycles. The van der Waals surface area contributed by atoms with E-state index in [1.807, 2.05) is 38.1 Å². The van der Waals surface area contributed by atoms with E-state index in [9.17, 15) is 4.79 Å². The Morgan fingerprint density at radius 2 is 2.21 bits per heavy atom. The lowest BCUT2D eigenvalue weighted by molar-refractivity contribution is -0.119. The smallest absolute Gasteiger partial charge is 0.230 e. The van der Waals surface area contributed by atoms with Gasteiger partial charge in [-0.25, -0.2) is 0 Å². The lowest BCUT2D eigenvalue weighted by atomic mass is 9.90. The summed E-state index contributed by atoms with van der Waals surface area (Å²) < 4.78 is 1.02. The van der Waals surface area contributed by atoms with Crippen LogP contribution in [0.25, 0.3) is 0 Å². The molecule has 0 bridgehead atoms. The highest BCUT2D eigenvalue weighted by molar-refractivity contribution is 9.10. The maximum Gasteiger partial charge on any atom is 0.230 e. The minimum atomic E-state index is -0.0646. The summed E-state index contributed by atoms with van der Waals surface area (Å²) in [6, 6.07) is 7.89. The minimum absolute atomic E-state index is 0.0241. The first-order valence-corrected chi connectivity index (χ1v) is 7.97. The second-order valence-corrected chi connectivity index (χ2v) is 7.13. The van der Waals surface area contributed by atoms with Crippen molar-refractivity contribution < 1.29 is 9.90 Å². The Kier molecular flexibility index (Phi) is 6.89. The summed E-state index contributed by atoms with van der Waals surface area (Å²) in [5, 5.41) is 11.8.